The van der Waals surface area contributed by atoms with Gasteiger partial charge in [-0.2, -0.15) is 0 Å². The van der Waals surface area contributed by atoms with E-state index in [1.165, 1.54) is 11.3 Å². The smallest absolute Gasteiger partial charge is 0.355 e. The van der Waals surface area contributed by atoms with E-state index in [4.69, 9.17) is 15.1 Å². The zero-order valence-electron chi connectivity index (χ0n) is 41.0. The zero-order chi connectivity index (χ0) is 50.8. The van der Waals surface area contributed by atoms with E-state index in [2.05, 4.69) is 25.8 Å². The fourth-order valence-corrected chi connectivity index (χ4v) is 11.7. The molecule has 3 aliphatic heterocycles. The molecule has 17 heteroatoms. The Morgan fingerprint density at radius 2 is 1.63 bits per heavy atom. The van der Waals surface area contributed by atoms with Crippen LogP contribution in [0, 0.1) is 24.2 Å². The van der Waals surface area contributed by atoms with Crippen LogP contribution in [-0.2, 0) is 27.3 Å². The molecule has 73 heavy (non-hydrogen) atoms. The number of thiazole rings is 1. The van der Waals surface area contributed by atoms with Crippen LogP contribution < -0.4 is 30.5 Å². The van der Waals surface area contributed by atoms with Crippen molar-refractivity contribution in [3.8, 4) is 16.9 Å². The predicted octanol–water partition coefficient (Wildman–Crippen LogP) is 8.71. The van der Waals surface area contributed by atoms with Gasteiger partial charge < -0.3 is 35.3 Å². The lowest BCUT2D eigenvalue weighted by molar-refractivity contribution is -0.135. The lowest BCUT2D eigenvalue weighted by Crippen LogP contribution is -2.48. The summed E-state index contributed by atoms with van der Waals surface area (Å²) in [5, 5.41) is 28.3. The first-order valence-electron chi connectivity index (χ1n) is 25.2. The third-order valence-electron chi connectivity index (χ3n) is 15.0. The van der Waals surface area contributed by atoms with Crippen LogP contribution in [0.5, 0.6) is 5.75 Å². The number of aromatic nitrogens is 2. The van der Waals surface area contributed by atoms with Crippen LogP contribution in [0.3, 0.4) is 0 Å². The average molecular weight is 1000 g/mol. The van der Waals surface area contributed by atoms with E-state index in [0.29, 0.717) is 97.8 Å². The molecule has 1 atom stereocenters. The summed E-state index contributed by atoms with van der Waals surface area (Å²) in [5.74, 6) is -0.928. The number of carbonyl (C=O) groups is 5. The van der Waals surface area contributed by atoms with Crippen LogP contribution in [0.4, 0.5) is 22.3 Å². The van der Waals surface area contributed by atoms with Crippen molar-refractivity contribution in [2.24, 2.45) is 11.8 Å². The summed E-state index contributed by atoms with van der Waals surface area (Å²) in [5.41, 5.74) is 7.91. The number of rotatable bonds is 14. The first kappa shape index (κ1) is 48.9. The number of carbonyl (C=O) groups excluding carboxylic acids is 4. The molecule has 2 aromatic heterocycles. The average Bonchev–Trinajstić information content (AvgIpc) is 3.82. The second-order valence-corrected chi connectivity index (χ2v) is 20.5. The number of piperidine rings is 1. The SMILES string of the molecule is CNc1cc(N2CCN(C(=O)CCC3CCC(Oc4cccc(-c5ccc(N6CCc7cccc(C(=O)Nc8nc9ccccc9s8)c7C6)nc5C(=O)O)c4C)CC3)CC2)ccc1C(=N)C1CCC(=O)NC1=O. The summed E-state index contributed by atoms with van der Waals surface area (Å²) < 4.78 is 7.62. The van der Waals surface area contributed by atoms with Gasteiger partial charge in [-0.05, 0) is 135 Å². The maximum Gasteiger partial charge on any atom is 0.355 e. The summed E-state index contributed by atoms with van der Waals surface area (Å²) in [4.78, 5) is 79.7. The Balaban J connectivity index is 0.712. The van der Waals surface area contributed by atoms with E-state index in [-0.39, 0.29) is 41.7 Å². The Bertz CT molecular complexity index is 3110. The molecule has 1 saturated carbocycles. The van der Waals surface area contributed by atoms with Gasteiger partial charge in [-0.1, -0.05) is 47.7 Å². The maximum absolute atomic E-state index is 13.7. The minimum absolute atomic E-state index is 0.00379. The molecule has 2 saturated heterocycles. The summed E-state index contributed by atoms with van der Waals surface area (Å²) in [6, 6.07) is 28.7. The number of nitrogens with one attached hydrogen (secondary N) is 4. The van der Waals surface area contributed by atoms with Gasteiger partial charge in [0, 0.05) is 87.2 Å². The van der Waals surface area contributed by atoms with E-state index < -0.39 is 17.8 Å². The first-order valence-corrected chi connectivity index (χ1v) is 26.0. The molecular formula is C56H59N9O7S. The molecule has 0 spiro atoms. The van der Waals surface area contributed by atoms with E-state index in [0.717, 1.165) is 75.9 Å². The third-order valence-corrected chi connectivity index (χ3v) is 16.0. The van der Waals surface area contributed by atoms with Crippen molar-refractivity contribution in [2.75, 3.05) is 60.2 Å². The molecule has 1 aliphatic carbocycles. The molecule has 376 valence electrons. The number of ether oxygens (including phenoxy) is 1. The van der Waals surface area contributed by atoms with E-state index in [1.807, 2.05) is 108 Å². The number of benzene rings is 4. The Labute approximate surface area is 427 Å². The number of carboxylic acid groups (broad SMARTS) is 1. The topological polar surface area (TPSA) is 210 Å². The van der Waals surface area contributed by atoms with Crippen LogP contribution in [-0.4, -0.2) is 101 Å². The monoisotopic (exact) mass is 1000 g/mol. The van der Waals surface area contributed by atoms with Crippen molar-refractivity contribution in [1.82, 2.24) is 20.2 Å². The second kappa shape index (κ2) is 21.2. The number of carboxylic acids is 1. The molecule has 5 heterocycles. The van der Waals surface area contributed by atoms with Crippen molar-refractivity contribution in [3.63, 3.8) is 0 Å². The van der Waals surface area contributed by atoms with E-state index in [1.54, 1.807) is 7.05 Å². The van der Waals surface area contributed by atoms with Gasteiger partial charge in [-0.3, -0.25) is 29.8 Å². The number of nitrogens with zero attached hydrogens (tertiary/aromatic N) is 5. The number of anilines is 4. The molecule has 10 rings (SSSR count). The predicted molar refractivity (Wildman–Crippen MR) is 283 cm³/mol. The van der Waals surface area contributed by atoms with Gasteiger partial charge in [0.05, 0.1) is 28.0 Å². The van der Waals surface area contributed by atoms with Crippen molar-refractivity contribution in [1.29, 1.82) is 5.41 Å². The highest BCUT2D eigenvalue weighted by atomic mass is 32.1. The van der Waals surface area contributed by atoms with Crippen LogP contribution >= 0.6 is 11.3 Å². The van der Waals surface area contributed by atoms with Crippen molar-refractivity contribution < 1.29 is 33.8 Å². The standard InChI is InChI=1S/C56H59N9O7S/c1-33-38(39-20-22-48(60-52(39)55(70)71)65-26-25-35-7-5-9-40(43(35)32-65)53(68)62-56-59-44-10-3-4-12-47(44)73-56)8-6-11-46(33)72-37-17-13-34(14-18-37)15-24-50(67)64-29-27-63(28-30-64)36-16-19-41(45(31-36)58-2)51(57)42-21-23-49(66)61-54(42)69/h3-12,16,19-20,22,31,34,37,42,57-58H,13-15,17-18,21,23-30,32H2,1-2H3,(H,70,71)(H,59,62,68)(H,61,66,69). The van der Waals surface area contributed by atoms with Gasteiger partial charge >= 0.3 is 5.97 Å². The molecule has 5 N–H and O–H groups in total. The van der Waals surface area contributed by atoms with E-state index >= 15 is 0 Å². The Hall–Kier alpha value is -7.66. The molecule has 1 unspecified atom stereocenters. The molecule has 6 aromatic rings. The highest BCUT2D eigenvalue weighted by Crippen LogP contribution is 2.38. The largest absolute Gasteiger partial charge is 0.490 e. The number of fused-ring (bicyclic) bond motifs is 2. The highest BCUT2D eigenvalue weighted by molar-refractivity contribution is 7.22. The van der Waals surface area contributed by atoms with Gasteiger partial charge in [0.15, 0.2) is 10.8 Å². The quantitative estimate of drug-likeness (QED) is 0.0513. The van der Waals surface area contributed by atoms with Crippen molar-refractivity contribution >= 4 is 79.2 Å². The minimum Gasteiger partial charge on any atom is -0.490 e. The first-order chi connectivity index (χ1) is 35.4. The van der Waals surface area contributed by atoms with Gasteiger partial charge in [0.1, 0.15) is 11.6 Å². The van der Waals surface area contributed by atoms with Crippen molar-refractivity contribution in [3.05, 3.63) is 125 Å². The number of imide groups is 1. The van der Waals surface area contributed by atoms with Gasteiger partial charge in [0.2, 0.25) is 17.7 Å². The lowest BCUT2D eigenvalue weighted by atomic mass is 9.84. The molecule has 0 bridgehead atoms. The maximum atomic E-state index is 13.7. The Kier molecular flexibility index (Phi) is 14.2. The highest BCUT2D eigenvalue weighted by Gasteiger charge is 2.33. The molecule has 4 aliphatic rings. The number of hydrogen-bond acceptors (Lipinski definition) is 13. The zero-order valence-corrected chi connectivity index (χ0v) is 41.9. The number of amides is 4. The number of aromatic carboxylic acids is 1. The number of pyridine rings is 1. The van der Waals surface area contributed by atoms with Crippen LogP contribution in [0.1, 0.15) is 94.5 Å². The molecular weight excluding hydrogens is 943 g/mol. The van der Waals surface area contributed by atoms with Crippen molar-refractivity contribution in [2.45, 2.75) is 77.4 Å². The molecule has 4 amide bonds. The number of para-hydroxylation sites is 1. The number of hydrogen-bond donors (Lipinski definition) is 5. The van der Waals surface area contributed by atoms with Crippen LogP contribution in [0.25, 0.3) is 21.3 Å². The molecule has 0 radical (unpaired) electrons. The van der Waals surface area contributed by atoms with Crippen LogP contribution in [0.15, 0.2) is 91.0 Å². The summed E-state index contributed by atoms with van der Waals surface area (Å²) in [7, 11) is 1.79. The Morgan fingerprint density at radius 1 is 0.836 bits per heavy atom. The Morgan fingerprint density at radius 3 is 2.40 bits per heavy atom. The van der Waals surface area contributed by atoms with Gasteiger partial charge in [0.25, 0.3) is 5.91 Å². The third kappa shape index (κ3) is 10.5. The fraction of sp³-hybridized carbons (Fsp3) is 0.357. The molecule has 16 nitrogen and oxygen atoms in total. The second-order valence-electron chi connectivity index (χ2n) is 19.4. The summed E-state index contributed by atoms with van der Waals surface area (Å²) in [6.07, 6.45) is 6.20. The van der Waals surface area contributed by atoms with Gasteiger partial charge in [-0.15, -0.1) is 0 Å². The number of piperazine rings is 1. The molecule has 3 fully saturated rings. The van der Waals surface area contributed by atoms with Crippen LogP contribution in [0.2, 0.25) is 0 Å². The summed E-state index contributed by atoms with van der Waals surface area (Å²) >= 11 is 1.43. The van der Waals surface area contributed by atoms with E-state index in [9.17, 15) is 29.1 Å². The lowest BCUT2D eigenvalue weighted by Gasteiger charge is -2.37. The fourth-order valence-electron chi connectivity index (χ4n) is 10.9. The normalized spacial score (nSPS) is 19.0. The van der Waals surface area contributed by atoms with Gasteiger partial charge in [-0.25, -0.2) is 14.8 Å². The minimum atomic E-state index is -1.13. The summed E-state index contributed by atoms with van der Waals surface area (Å²) in [6.45, 7) is 5.58. The molecule has 4 aromatic carbocycles.